The summed E-state index contributed by atoms with van der Waals surface area (Å²) < 4.78 is 36.0. The number of amides is 1. The zero-order valence-corrected chi connectivity index (χ0v) is 22.4. The summed E-state index contributed by atoms with van der Waals surface area (Å²) in [5, 5.41) is 0. The molecule has 3 aromatic rings. The van der Waals surface area contributed by atoms with Gasteiger partial charge in [-0.25, -0.2) is 8.42 Å². The van der Waals surface area contributed by atoms with Gasteiger partial charge in [0, 0.05) is 32.3 Å². The van der Waals surface area contributed by atoms with E-state index in [1.165, 1.54) is 45.5 Å². The Morgan fingerprint density at radius 2 is 1.97 bits per heavy atom. The number of nitrogens with zero attached hydrogens (tertiary/aromatic N) is 3. The van der Waals surface area contributed by atoms with Crippen LogP contribution in [0, 0.1) is 0 Å². The van der Waals surface area contributed by atoms with Crippen molar-refractivity contribution in [2.24, 2.45) is 4.99 Å². The van der Waals surface area contributed by atoms with E-state index in [0.29, 0.717) is 29.4 Å². The molecule has 0 radical (unpaired) electrons. The van der Waals surface area contributed by atoms with Gasteiger partial charge in [-0.3, -0.25) is 4.79 Å². The Bertz CT molecular complexity index is 1370. The fourth-order valence-corrected chi connectivity index (χ4v) is 6.55. The van der Waals surface area contributed by atoms with E-state index in [2.05, 4.69) is 48.5 Å². The molecule has 2 heterocycles. The molecule has 1 saturated heterocycles. The van der Waals surface area contributed by atoms with Crippen LogP contribution in [0.5, 0.6) is 0 Å². The maximum Gasteiger partial charge on any atom is 0.279 e. The minimum atomic E-state index is -3.66. The third-order valence-electron chi connectivity index (χ3n) is 6.31. The Morgan fingerprint density at radius 1 is 1.23 bits per heavy atom. The molecule has 1 unspecified atom stereocenters. The third-order valence-corrected chi connectivity index (χ3v) is 9.19. The largest absolute Gasteiger partial charge is 0.377 e. The monoisotopic (exact) mass is 515 g/mol. The van der Waals surface area contributed by atoms with Crippen LogP contribution in [-0.2, 0) is 21.3 Å². The number of aryl methyl sites for hydroxylation is 1. The van der Waals surface area contributed by atoms with E-state index in [0.717, 1.165) is 36.0 Å². The van der Waals surface area contributed by atoms with Crippen molar-refractivity contribution in [2.45, 2.75) is 63.5 Å². The molecule has 35 heavy (non-hydrogen) atoms. The lowest BCUT2D eigenvalue weighted by atomic mass is 10.0. The van der Waals surface area contributed by atoms with Crippen LogP contribution in [0.2, 0.25) is 0 Å². The minimum absolute atomic E-state index is 0.0674. The molecule has 1 aromatic heterocycles. The van der Waals surface area contributed by atoms with Crippen LogP contribution in [0.15, 0.2) is 52.4 Å². The van der Waals surface area contributed by atoms with Gasteiger partial charge in [-0.1, -0.05) is 38.2 Å². The molecule has 1 atom stereocenters. The topological polar surface area (TPSA) is 81.0 Å². The Morgan fingerprint density at radius 3 is 2.60 bits per heavy atom. The molecule has 2 aromatic carbocycles. The highest BCUT2D eigenvalue weighted by Crippen LogP contribution is 2.24. The van der Waals surface area contributed by atoms with E-state index in [1.807, 2.05) is 0 Å². The fraction of sp³-hybridized carbons (Fsp3) is 0.462. The van der Waals surface area contributed by atoms with Gasteiger partial charge in [0.2, 0.25) is 10.0 Å². The van der Waals surface area contributed by atoms with Crippen LogP contribution in [-0.4, -0.2) is 49.5 Å². The van der Waals surface area contributed by atoms with Crippen LogP contribution >= 0.6 is 11.3 Å². The molecular formula is C26H33N3O4S2. The average molecular weight is 516 g/mol. The zero-order valence-electron chi connectivity index (χ0n) is 20.7. The highest BCUT2D eigenvalue weighted by atomic mass is 32.2. The summed E-state index contributed by atoms with van der Waals surface area (Å²) in [7, 11) is -2.10. The van der Waals surface area contributed by atoms with Gasteiger partial charge in [0.25, 0.3) is 5.91 Å². The van der Waals surface area contributed by atoms with Crippen molar-refractivity contribution in [3.63, 3.8) is 0 Å². The van der Waals surface area contributed by atoms with Gasteiger partial charge in [0.05, 0.1) is 21.2 Å². The van der Waals surface area contributed by atoms with Gasteiger partial charge in [-0.2, -0.15) is 9.30 Å². The Labute approximate surface area is 211 Å². The molecular weight excluding hydrogens is 482 g/mol. The molecule has 0 bridgehead atoms. The predicted molar refractivity (Wildman–Crippen MR) is 139 cm³/mol. The number of thiazole rings is 1. The second-order valence-corrected chi connectivity index (χ2v) is 12.3. The predicted octanol–water partition coefficient (Wildman–Crippen LogP) is 4.78. The molecule has 188 valence electrons. The molecule has 0 saturated carbocycles. The average Bonchev–Trinajstić information content (AvgIpc) is 3.47. The molecule has 1 fully saturated rings. The molecule has 1 amide bonds. The summed E-state index contributed by atoms with van der Waals surface area (Å²) in [4.78, 5) is 18.2. The molecule has 9 heteroatoms. The van der Waals surface area contributed by atoms with Gasteiger partial charge >= 0.3 is 0 Å². The normalized spacial score (nSPS) is 17.2. The number of rotatable bonds is 8. The number of aromatic nitrogens is 1. The Hall–Kier alpha value is -2.33. The minimum Gasteiger partial charge on any atom is -0.377 e. The van der Waals surface area contributed by atoms with E-state index in [1.54, 1.807) is 7.05 Å². The van der Waals surface area contributed by atoms with Crippen molar-refractivity contribution in [1.29, 1.82) is 0 Å². The van der Waals surface area contributed by atoms with Crippen LogP contribution in [0.4, 0.5) is 0 Å². The van der Waals surface area contributed by atoms with Crippen molar-refractivity contribution >= 4 is 37.5 Å². The summed E-state index contributed by atoms with van der Waals surface area (Å²) in [6.45, 7) is 8.18. The maximum atomic E-state index is 13.0. The van der Waals surface area contributed by atoms with Crippen LogP contribution in [0.25, 0.3) is 10.2 Å². The Balaban J connectivity index is 1.60. The summed E-state index contributed by atoms with van der Waals surface area (Å²) >= 11 is 1.51. The van der Waals surface area contributed by atoms with E-state index in [-0.39, 0.29) is 16.9 Å². The summed E-state index contributed by atoms with van der Waals surface area (Å²) in [6.07, 6.45) is 2.67. The Kier molecular flexibility index (Phi) is 7.90. The summed E-state index contributed by atoms with van der Waals surface area (Å²) in [6, 6.07) is 12.4. The van der Waals surface area contributed by atoms with Crippen molar-refractivity contribution in [2.75, 3.05) is 20.2 Å². The van der Waals surface area contributed by atoms with Crippen molar-refractivity contribution in [1.82, 2.24) is 8.87 Å². The summed E-state index contributed by atoms with van der Waals surface area (Å²) in [5.74, 6) is 0.0322. The van der Waals surface area contributed by atoms with Gasteiger partial charge in [-0.05, 0) is 67.1 Å². The second-order valence-electron chi connectivity index (χ2n) is 9.28. The van der Waals surface area contributed by atoms with Crippen molar-refractivity contribution in [3.8, 4) is 0 Å². The number of sulfonamides is 1. The highest BCUT2D eigenvalue weighted by Gasteiger charge is 2.26. The van der Waals surface area contributed by atoms with Gasteiger partial charge in [0.1, 0.15) is 0 Å². The first kappa shape index (κ1) is 25.8. The van der Waals surface area contributed by atoms with E-state index >= 15 is 0 Å². The van der Waals surface area contributed by atoms with E-state index in [9.17, 15) is 13.2 Å². The number of fused-ring (bicyclic) bond motifs is 1. The number of likely N-dealkylation sites (N-methyl/N-ethyl adjacent to an activating group) is 1. The van der Waals surface area contributed by atoms with Gasteiger partial charge in [0.15, 0.2) is 4.80 Å². The molecule has 7 nitrogen and oxygen atoms in total. The standard InChI is InChI=1S/C26H33N3O4S2/c1-5-14-29-23-13-10-20(18(2)3)16-24(23)34-26(29)27-25(30)19-8-11-22(12-9-19)35(31,32)28(4)17-21-7-6-15-33-21/h8-13,16,18,21H,5-7,14-15,17H2,1-4H3. The smallest absolute Gasteiger partial charge is 0.279 e. The van der Waals surface area contributed by atoms with Gasteiger partial charge < -0.3 is 9.30 Å². The molecule has 4 rings (SSSR count). The first-order valence-electron chi connectivity index (χ1n) is 12.1. The van der Waals surface area contributed by atoms with Crippen LogP contribution < -0.4 is 4.80 Å². The van der Waals surface area contributed by atoms with E-state index in [4.69, 9.17) is 4.74 Å². The highest BCUT2D eigenvalue weighted by molar-refractivity contribution is 7.89. The second kappa shape index (κ2) is 10.7. The quantitative estimate of drug-likeness (QED) is 0.433. The molecule has 0 aliphatic carbocycles. The van der Waals surface area contributed by atoms with Crippen LogP contribution in [0.1, 0.15) is 61.9 Å². The number of ether oxygens (including phenoxy) is 1. The number of benzene rings is 2. The maximum absolute atomic E-state index is 13.0. The molecule has 0 N–H and O–H groups in total. The SMILES string of the molecule is CCCn1c(=NC(=O)c2ccc(S(=O)(=O)N(C)CC3CCCO3)cc2)sc2cc(C(C)C)ccc21. The lowest BCUT2D eigenvalue weighted by molar-refractivity contribution is 0.0979. The number of carbonyl (C=O) groups excluding carboxylic acids is 1. The molecule has 0 spiro atoms. The van der Waals surface area contributed by atoms with Crippen molar-refractivity contribution in [3.05, 3.63) is 58.4 Å². The van der Waals surface area contributed by atoms with Crippen LogP contribution in [0.3, 0.4) is 0 Å². The third kappa shape index (κ3) is 5.58. The number of hydrogen-bond acceptors (Lipinski definition) is 5. The number of hydrogen-bond donors (Lipinski definition) is 0. The number of carbonyl (C=O) groups is 1. The zero-order chi connectivity index (χ0) is 25.2. The first-order valence-corrected chi connectivity index (χ1v) is 14.4. The first-order chi connectivity index (χ1) is 16.7. The fourth-order valence-electron chi connectivity index (χ4n) is 4.25. The lowest BCUT2D eigenvalue weighted by Crippen LogP contribution is -2.34. The molecule has 1 aliphatic rings. The van der Waals surface area contributed by atoms with Crippen molar-refractivity contribution < 1.29 is 17.9 Å². The molecule has 1 aliphatic heterocycles. The summed E-state index contributed by atoms with van der Waals surface area (Å²) in [5.41, 5.74) is 2.68. The van der Waals surface area contributed by atoms with E-state index < -0.39 is 10.0 Å². The lowest BCUT2D eigenvalue weighted by Gasteiger charge is -2.20. The van der Waals surface area contributed by atoms with Gasteiger partial charge in [-0.15, -0.1) is 0 Å².